The van der Waals surface area contributed by atoms with Gasteiger partial charge in [-0.15, -0.1) is 0 Å². The van der Waals surface area contributed by atoms with Crippen LogP contribution in [-0.2, 0) is 6.61 Å². The first kappa shape index (κ1) is 11.7. The quantitative estimate of drug-likeness (QED) is 0.776. The minimum absolute atomic E-state index is 0.0678. The number of aromatic nitrogens is 3. The van der Waals surface area contributed by atoms with Crippen LogP contribution in [0.1, 0.15) is 30.9 Å². The van der Waals surface area contributed by atoms with Gasteiger partial charge in [-0.2, -0.15) is 0 Å². The minimum Gasteiger partial charge on any atom is -0.390 e. The summed E-state index contributed by atoms with van der Waals surface area (Å²) in [6.45, 7) is 7.75. The molecule has 0 spiro atoms. The molecule has 2 rings (SSSR count). The van der Waals surface area contributed by atoms with Gasteiger partial charge in [-0.05, 0) is 13.8 Å². The number of aryl methyl sites for hydroxylation is 2. The second kappa shape index (κ2) is 4.89. The highest BCUT2D eigenvalue weighted by molar-refractivity contribution is 5.45. The number of aliphatic hydroxyl groups is 1. The first-order valence-electron chi connectivity index (χ1n) is 5.13. The molecular formula is C11H17N3O. The summed E-state index contributed by atoms with van der Waals surface area (Å²) in [6, 6.07) is 0. The van der Waals surface area contributed by atoms with E-state index in [1.165, 1.54) is 0 Å². The Hall–Kier alpha value is -1.42. The molecule has 1 N–H and O–H groups in total. The van der Waals surface area contributed by atoms with Crippen LogP contribution in [0.4, 0.5) is 0 Å². The number of nitrogens with zero attached hydrogens (tertiary/aromatic N) is 3. The lowest BCUT2D eigenvalue weighted by Crippen LogP contribution is -1.98. The van der Waals surface area contributed by atoms with Crippen LogP contribution in [0.25, 0.3) is 5.65 Å². The summed E-state index contributed by atoms with van der Waals surface area (Å²) in [5.74, 6) is 0. The van der Waals surface area contributed by atoms with Gasteiger partial charge in [0.05, 0.1) is 18.0 Å². The molecule has 0 saturated heterocycles. The van der Waals surface area contributed by atoms with Crippen molar-refractivity contribution in [3.8, 4) is 0 Å². The Balaban J connectivity index is 0.000000531. The van der Waals surface area contributed by atoms with Crippen LogP contribution in [0.15, 0.2) is 12.4 Å². The zero-order chi connectivity index (χ0) is 11.4. The molecule has 0 fully saturated rings. The van der Waals surface area contributed by atoms with E-state index >= 15 is 0 Å². The van der Waals surface area contributed by atoms with E-state index < -0.39 is 0 Å². The van der Waals surface area contributed by atoms with Crippen molar-refractivity contribution in [1.29, 1.82) is 0 Å². The Kier molecular flexibility index (Phi) is 3.80. The van der Waals surface area contributed by atoms with Gasteiger partial charge in [-0.3, -0.25) is 4.98 Å². The maximum atomic E-state index is 9.05. The Morgan fingerprint density at radius 3 is 2.20 bits per heavy atom. The van der Waals surface area contributed by atoms with Crippen molar-refractivity contribution < 1.29 is 5.11 Å². The van der Waals surface area contributed by atoms with Gasteiger partial charge in [0.2, 0.25) is 0 Å². The first-order chi connectivity index (χ1) is 7.20. The smallest absolute Gasteiger partial charge is 0.161 e. The van der Waals surface area contributed by atoms with Crippen LogP contribution >= 0.6 is 0 Å². The molecular weight excluding hydrogens is 190 g/mol. The molecule has 0 aromatic carbocycles. The topological polar surface area (TPSA) is 50.4 Å². The van der Waals surface area contributed by atoms with Crippen LogP contribution in [0, 0.1) is 13.8 Å². The SMILES string of the molecule is CC.Cc1cn2cc(C)nc2c(CO)n1. The molecule has 0 unspecified atom stereocenters. The fraction of sp³-hybridized carbons (Fsp3) is 0.455. The lowest BCUT2D eigenvalue weighted by molar-refractivity contribution is 0.277. The average molecular weight is 207 g/mol. The molecule has 4 heteroatoms. The summed E-state index contributed by atoms with van der Waals surface area (Å²) in [5, 5.41) is 9.05. The molecule has 0 amide bonds. The van der Waals surface area contributed by atoms with Gasteiger partial charge < -0.3 is 9.51 Å². The van der Waals surface area contributed by atoms with Gasteiger partial charge >= 0.3 is 0 Å². The first-order valence-corrected chi connectivity index (χ1v) is 5.13. The highest BCUT2D eigenvalue weighted by Crippen LogP contribution is 2.09. The van der Waals surface area contributed by atoms with Crippen LogP contribution < -0.4 is 0 Å². The van der Waals surface area contributed by atoms with Gasteiger partial charge in [-0.1, -0.05) is 13.8 Å². The number of fused-ring (bicyclic) bond motifs is 1. The molecule has 0 atom stereocenters. The van der Waals surface area contributed by atoms with Crippen molar-refractivity contribution in [3.05, 3.63) is 29.5 Å². The van der Waals surface area contributed by atoms with E-state index in [1.54, 1.807) is 0 Å². The highest BCUT2D eigenvalue weighted by Gasteiger charge is 2.05. The molecule has 0 radical (unpaired) electrons. The molecule has 0 saturated carbocycles. The van der Waals surface area contributed by atoms with E-state index in [-0.39, 0.29) is 6.61 Å². The molecule has 0 aliphatic heterocycles. The number of rotatable bonds is 1. The van der Waals surface area contributed by atoms with Crippen molar-refractivity contribution in [1.82, 2.24) is 14.4 Å². The molecule has 0 aliphatic carbocycles. The third-order valence-corrected chi connectivity index (χ3v) is 1.90. The van der Waals surface area contributed by atoms with Crippen molar-refractivity contribution in [3.63, 3.8) is 0 Å². The maximum Gasteiger partial charge on any atom is 0.161 e. The third kappa shape index (κ3) is 2.33. The predicted octanol–water partition coefficient (Wildman–Crippen LogP) is 1.86. The van der Waals surface area contributed by atoms with Gasteiger partial charge in [0.25, 0.3) is 0 Å². The summed E-state index contributed by atoms with van der Waals surface area (Å²) in [6.07, 6.45) is 3.82. The number of aliphatic hydroxyl groups excluding tert-OH is 1. The molecule has 2 aromatic rings. The largest absolute Gasteiger partial charge is 0.390 e. The molecule has 2 aromatic heterocycles. The van der Waals surface area contributed by atoms with E-state index in [9.17, 15) is 0 Å². The normalized spacial score (nSPS) is 9.93. The summed E-state index contributed by atoms with van der Waals surface area (Å²) in [4.78, 5) is 8.47. The zero-order valence-electron chi connectivity index (χ0n) is 9.65. The Morgan fingerprint density at radius 1 is 1.13 bits per heavy atom. The van der Waals surface area contributed by atoms with Crippen LogP contribution in [0.3, 0.4) is 0 Å². The van der Waals surface area contributed by atoms with Crippen molar-refractivity contribution in [2.75, 3.05) is 0 Å². The van der Waals surface area contributed by atoms with Gasteiger partial charge in [0, 0.05) is 12.4 Å². The predicted molar refractivity (Wildman–Crippen MR) is 59.7 cm³/mol. The standard InChI is InChI=1S/C9H11N3O.C2H6/c1-6-3-12-4-7(2)11-9(12)8(5-13)10-6;1-2/h3-4,13H,5H2,1-2H3;1-2H3. The van der Waals surface area contributed by atoms with E-state index in [1.807, 2.05) is 44.5 Å². The van der Waals surface area contributed by atoms with Crippen molar-refractivity contribution in [2.45, 2.75) is 34.3 Å². The van der Waals surface area contributed by atoms with Crippen LogP contribution in [-0.4, -0.2) is 19.5 Å². The maximum absolute atomic E-state index is 9.05. The van der Waals surface area contributed by atoms with Crippen molar-refractivity contribution in [2.24, 2.45) is 0 Å². The average Bonchev–Trinajstić information content (AvgIpc) is 2.60. The second-order valence-electron chi connectivity index (χ2n) is 3.10. The summed E-state index contributed by atoms with van der Waals surface area (Å²) in [7, 11) is 0. The molecule has 82 valence electrons. The number of hydrogen-bond donors (Lipinski definition) is 1. The van der Waals surface area contributed by atoms with E-state index in [0.717, 1.165) is 17.0 Å². The lowest BCUT2D eigenvalue weighted by Gasteiger charge is -2.00. The Bertz CT molecular complexity index is 448. The zero-order valence-corrected chi connectivity index (χ0v) is 9.65. The molecule has 15 heavy (non-hydrogen) atoms. The van der Waals surface area contributed by atoms with Crippen LogP contribution in [0.2, 0.25) is 0 Å². The van der Waals surface area contributed by atoms with Gasteiger partial charge in [-0.25, -0.2) is 4.98 Å². The fourth-order valence-corrected chi connectivity index (χ4v) is 1.43. The second-order valence-corrected chi connectivity index (χ2v) is 3.10. The molecule has 4 nitrogen and oxygen atoms in total. The Morgan fingerprint density at radius 2 is 1.67 bits per heavy atom. The van der Waals surface area contributed by atoms with E-state index in [4.69, 9.17) is 5.11 Å². The number of hydrogen-bond acceptors (Lipinski definition) is 3. The molecule has 0 bridgehead atoms. The van der Waals surface area contributed by atoms with E-state index in [2.05, 4.69) is 9.97 Å². The van der Waals surface area contributed by atoms with Gasteiger partial charge in [0.1, 0.15) is 5.69 Å². The highest BCUT2D eigenvalue weighted by atomic mass is 16.3. The molecule has 2 heterocycles. The summed E-state index contributed by atoms with van der Waals surface area (Å²) < 4.78 is 1.89. The van der Waals surface area contributed by atoms with Crippen LogP contribution in [0.5, 0.6) is 0 Å². The third-order valence-electron chi connectivity index (χ3n) is 1.90. The van der Waals surface area contributed by atoms with E-state index in [0.29, 0.717) is 5.69 Å². The fourth-order valence-electron chi connectivity index (χ4n) is 1.43. The summed E-state index contributed by atoms with van der Waals surface area (Å²) in [5.41, 5.74) is 3.19. The minimum atomic E-state index is -0.0678. The van der Waals surface area contributed by atoms with Crippen molar-refractivity contribution >= 4 is 5.65 Å². The molecule has 0 aliphatic rings. The van der Waals surface area contributed by atoms with Gasteiger partial charge in [0.15, 0.2) is 5.65 Å². The summed E-state index contributed by atoms with van der Waals surface area (Å²) >= 11 is 0. The Labute approximate surface area is 89.6 Å². The lowest BCUT2D eigenvalue weighted by atomic mass is 10.4. The number of imidazole rings is 1. The monoisotopic (exact) mass is 207 g/mol.